The fraction of sp³-hybridized carbons (Fsp3) is 0.286. The summed E-state index contributed by atoms with van der Waals surface area (Å²) in [6, 6.07) is 13.6. The molecule has 3 atom stereocenters. The SMILES string of the molecule is O=C(NCc1ccc2ccccc2c1)c1cn([C@H]2C[C@H](O)[C@@H](CO)O2)c(=O)[nH]c1=O. The monoisotopic (exact) mass is 411 g/mol. The van der Waals surface area contributed by atoms with Gasteiger partial charge in [-0.15, -0.1) is 0 Å². The van der Waals surface area contributed by atoms with E-state index in [2.05, 4.69) is 10.3 Å². The van der Waals surface area contributed by atoms with Crippen LogP contribution < -0.4 is 16.6 Å². The van der Waals surface area contributed by atoms with Crippen LogP contribution in [0.15, 0.2) is 58.3 Å². The Labute approximate surface area is 170 Å². The van der Waals surface area contributed by atoms with Gasteiger partial charge in [0.2, 0.25) is 0 Å². The largest absolute Gasteiger partial charge is 0.394 e. The van der Waals surface area contributed by atoms with Gasteiger partial charge in [0, 0.05) is 19.2 Å². The summed E-state index contributed by atoms with van der Waals surface area (Å²) in [6.45, 7) is -0.206. The molecule has 4 N–H and O–H groups in total. The van der Waals surface area contributed by atoms with Gasteiger partial charge >= 0.3 is 5.69 Å². The molecule has 9 nitrogen and oxygen atoms in total. The molecule has 2 heterocycles. The maximum absolute atomic E-state index is 12.6. The number of ether oxygens (including phenoxy) is 1. The van der Waals surface area contributed by atoms with E-state index in [0.29, 0.717) is 0 Å². The Morgan fingerprint density at radius 2 is 1.97 bits per heavy atom. The zero-order valence-corrected chi connectivity index (χ0v) is 15.9. The van der Waals surface area contributed by atoms with Gasteiger partial charge in [0.1, 0.15) is 17.9 Å². The molecule has 1 aromatic heterocycles. The zero-order valence-electron chi connectivity index (χ0n) is 15.9. The molecule has 2 aromatic carbocycles. The number of rotatable bonds is 5. The van der Waals surface area contributed by atoms with Crippen molar-refractivity contribution in [3.8, 4) is 0 Å². The van der Waals surface area contributed by atoms with E-state index in [1.807, 2.05) is 42.5 Å². The quantitative estimate of drug-likeness (QED) is 0.476. The van der Waals surface area contributed by atoms with E-state index < -0.39 is 42.2 Å². The average Bonchev–Trinajstić information content (AvgIpc) is 3.12. The van der Waals surface area contributed by atoms with Gasteiger partial charge < -0.3 is 20.3 Å². The Bertz CT molecular complexity index is 1200. The molecule has 30 heavy (non-hydrogen) atoms. The van der Waals surface area contributed by atoms with Gasteiger partial charge in [-0.3, -0.25) is 19.1 Å². The first kappa shape index (κ1) is 20.0. The number of carbonyl (C=O) groups is 1. The summed E-state index contributed by atoms with van der Waals surface area (Å²) in [7, 11) is 0. The molecule has 1 fully saturated rings. The number of hydrogen-bond acceptors (Lipinski definition) is 6. The highest BCUT2D eigenvalue weighted by Gasteiger charge is 2.35. The summed E-state index contributed by atoms with van der Waals surface area (Å²) in [5.74, 6) is -0.643. The summed E-state index contributed by atoms with van der Waals surface area (Å²) < 4.78 is 6.49. The van der Waals surface area contributed by atoms with Crippen molar-refractivity contribution in [3.63, 3.8) is 0 Å². The van der Waals surface area contributed by atoms with Crippen molar-refractivity contribution in [2.24, 2.45) is 0 Å². The molecule has 1 amide bonds. The Morgan fingerprint density at radius 1 is 1.20 bits per heavy atom. The number of aliphatic hydroxyl groups excluding tert-OH is 2. The molecular formula is C21H21N3O6. The normalized spacial score (nSPS) is 21.1. The molecule has 3 aromatic rings. The van der Waals surface area contributed by atoms with Crippen molar-refractivity contribution in [2.75, 3.05) is 6.61 Å². The Kier molecular flexibility index (Phi) is 5.49. The molecule has 0 aliphatic carbocycles. The van der Waals surface area contributed by atoms with Crippen molar-refractivity contribution >= 4 is 16.7 Å². The number of benzene rings is 2. The first-order valence-electron chi connectivity index (χ1n) is 9.52. The lowest BCUT2D eigenvalue weighted by molar-refractivity contribution is -0.0459. The predicted octanol–water partition coefficient (Wildman–Crippen LogP) is 0.260. The van der Waals surface area contributed by atoms with E-state index in [0.717, 1.165) is 27.1 Å². The summed E-state index contributed by atoms with van der Waals surface area (Å²) in [5, 5.41) is 23.9. The minimum atomic E-state index is -0.955. The average molecular weight is 411 g/mol. The lowest BCUT2D eigenvalue weighted by Crippen LogP contribution is -2.38. The number of amides is 1. The van der Waals surface area contributed by atoms with Gasteiger partial charge in [-0.05, 0) is 22.4 Å². The second kappa shape index (κ2) is 8.23. The molecule has 0 saturated carbocycles. The second-order valence-electron chi connectivity index (χ2n) is 7.19. The Morgan fingerprint density at radius 3 is 2.70 bits per heavy atom. The van der Waals surface area contributed by atoms with Gasteiger partial charge in [0.25, 0.3) is 11.5 Å². The smallest absolute Gasteiger partial charge is 0.330 e. The van der Waals surface area contributed by atoms with Gasteiger partial charge in [0.15, 0.2) is 0 Å². The second-order valence-corrected chi connectivity index (χ2v) is 7.19. The third-order valence-corrected chi connectivity index (χ3v) is 5.17. The Hall–Kier alpha value is -3.27. The Balaban J connectivity index is 1.53. The summed E-state index contributed by atoms with van der Waals surface area (Å²) in [4.78, 5) is 39.0. The summed E-state index contributed by atoms with van der Waals surface area (Å²) >= 11 is 0. The first-order chi connectivity index (χ1) is 14.5. The number of fused-ring (bicyclic) bond motifs is 1. The molecular weight excluding hydrogens is 390 g/mol. The molecule has 1 aliphatic heterocycles. The maximum Gasteiger partial charge on any atom is 0.330 e. The van der Waals surface area contributed by atoms with E-state index >= 15 is 0 Å². The van der Waals surface area contributed by atoms with Gasteiger partial charge in [-0.25, -0.2) is 4.79 Å². The van der Waals surface area contributed by atoms with Crippen LogP contribution in [-0.4, -0.2) is 44.5 Å². The minimum Gasteiger partial charge on any atom is -0.394 e. The van der Waals surface area contributed by atoms with E-state index in [-0.39, 0.29) is 18.5 Å². The summed E-state index contributed by atoms with van der Waals surface area (Å²) in [5.41, 5.74) is -0.966. The van der Waals surface area contributed by atoms with Crippen molar-refractivity contribution in [1.82, 2.24) is 14.9 Å². The molecule has 1 saturated heterocycles. The highest BCUT2D eigenvalue weighted by molar-refractivity contribution is 5.93. The molecule has 0 bridgehead atoms. The molecule has 156 valence electrons. The van der Waals surface area contributed by atoms with Crippen LogP contribution in [0.4, 0.5) is 0 Å². The van der Waals surface area contributed by atoms with Crippen LogP contribution in [0.1, 0.15) is 28.6 Å². The molecule has 9 heteroatoms. The molecule has 0 unspecified atom stereocenters. The maximum atomic E-state index is 12.6. The zero-order chi connectivity index (χ0) is 21.3. The predicted molar refractivity (Wildman–Crippen MR) is 108 cm³/mol. The van der Waals surface area contributed by atoms with E-state index in [1.165, 1.54) is 0 Å². The number of carbonyl (C=O) groups excluding carboxylic acids is 1. The highest BCUT2D eigenvalue weighted by Crippen LogP contribution is 2.27. The standard InChI is InChI=1S/C21H21N3O6/c25-11-17-16(26)8-18(30-17)24-10-15(20(28)23-21(24)29)19(27)22-9-12-5-6-13-3-1-2-4-14(13)7-12/h1-7,10,16-18,25-26H,8-9,11H2,(H,22,27)(H,23,28,29)/t16-,17+,18+/m0/s1. The number of hydrogen-bond donors (Lipinski definition) is 4. The topological polar surface area (TPSA) is 134 Å². The van der Waals surface area contributed by atoms with Crippen molar-refractivity contribution in [1.29, 1.82) is 0 Å². The lowest BCUT2D eigenvalue weighted by Gasteiger charge is -2.15. The van der Waals surface area contributed by atoms with Crippen LogP contribution >= 0.6 is 0 Å². The van der Waals surface area contributed by atoms with Gasteiger partial charge in [-0.1, -0.05) is 36.4 Å². The van der Waals surface area contributed by atoms with Crippen LogP contribution in [0.25, 0.3) is 10.8 Å². The van der Waals surface area contributed by atoms with Crippen LogP contribution in [0.3, 0.4) is 0 Å². The summed E-state index contributed by atoms with van der Waals surface area (Å²) in [6.07, 6.45) is -1.51. The van der Waals surface area contributed by atoms with Crippen LogP contribution in [0.2, 0.25) is 0 Å². The van der Waals surface area contributed by atoms with E-state index in [1.54, 1.807) is 0 Å². The fourth-order valence-corrected chi connectivity index (χ4v) is 3.54. The number of aromatic amines is 1. The number of aromatic nitrogens is 2. The van der Waals surface area contributed by atoms with Crippen LogP contribution in [0.5, 0.6) is 0 Å². The van der Waals surface area contributed by atoms with Gasteiger partial charge in [0.05, 0.1) is 12.7 Å². The third kappa shape index (κ3) is 3.90. The van der Waals surface area contributed by atoms with Crippen LogP contribution in [0, 0.1) is 0 Å². The van der Waals surface area contributed by atoms with Crippen molar-refractivity contribution < 1.29 is 19.7 Å². The molecule has 1 aliphatic rings. The van der Waals surface area contributed by atoms with Gasteiger partial charge in [-0.2, -0.15) is 0 Å². The fourth-order valence-electron chi connectivity index (χ4n) is 3.54. The van der Waals surface area contributed by atoms with E-state index in [9.17, 15) is 24.6 Å². The number of nitrogens with one attached hydrogen (secondary N) is 2. The molecule has 0 radical (unpaired) electrons. The van der Waals surface area contributed by atoms with E-state index in [4.69, 9.17) is 4.74 Å². The number of aliphatic hydroxyl groups is 2. The molecule has 4 rings (SSSR count). The lowest BCUT2D eigenvalue weighted by atomic mass is 10.1. The highest BCUT2D eigenvalue weighted by atomic mass is 16.5. The first-order valence-corrected chi connectivity index (χ1v) is 9.52. The number of H-pyrrole nitrogens is 1. The number of nitrogens with zero attached hydrogens (tertiary/aromatic N) is 1. The van der Waals surface area contributed by atoms with Crippen LogP contribution in [-0.2, 0) is 11.3 Å². The minimum absolute atomic E-state index is 0.0509. The molecule has 0 spiro atoms. The van der Waals surface area contributed by atoms with Crippen molar-refractivity contribution in [2.45, 2.75) is 31.4 Å². The van der Waals surface area contributed by atoms with Crippen molar-refractivity contribution in [3.05, 3.63) is 80.6 Å². The third-order valence-electron chi connectivity index (χ3n) is 5.17.